The van der Waals surface area contributed by atoms with E-state index in [2.05, 4.69) is 5.32 Å². The van der Waals surface area contributed by atoms with E-state index in [1.54, 1.807) is 49.6 Å². The van der Waals surface area contributed by atoms with E-state index in [0.717, 1.165) is 16.2 Å². The lowest BCUT2D eigenvalue weighted by Gasteiger charge is -2.31. The molecule has 8 heteroatoms. The molecule has 0 aliphatic carbocycles. The van der Waals surface area contributed by atoms with Crippen LogP contribution in [0.2, 0.25) is 0 Å². The second-order valence-electron chi connectivity index (χ2n) is 8.10. The van der Waals surface area contributed by atoms with Crippen molar-refractivity contribution in [1.29, 1.82) is 0 Å². The molecule has 36 heavy (non-hydrogen) atoms. The van der Waals surface area contributed by atoms with Crippen LogP contribution in [-0.4, -0.2) is 30.9 Å². The van der Waals surface area contributed by atoms with E-state index in [0.29, 0.717) is 23.6 Å². The van der Waals surface area contributed by atoms with Crippen LogP contribution in [0.5, 0.6) is 11.5 Å². The molecule has 2 amide bonds. The van der Waals surface area contributed by atoms with Gasteiger partial charge in [-0.05, 0) is 59.0 Å². The van der Waals surface area contributed by atoms with Gasteiger partial charge in [0.05, 0.1) is 33.4 Å². The second kappa shape index (κ2) is 12.1. The summed E-state index contributed by atoms with van der Waals surface area (Å²) in [6.45, 7) is 0.450. The van der Waals surface area contributed by atoms with Crippen molar-refractivity contribution >= 4 is 23.2 Å². The number of nitrogens with zero attached hydrogens (tertiary/aromatic N) is 1. The first kappa shape index (κ1) is 25.1. The highest BCUT2D eigenvalue weighted by atomic mass is 32.1. The SMILES string of the molecule is COc1ccc(CNC(=O)C(c2cccc(OC)c2)N(Cc2ccco2)C(=O)Cc2cccs2)cc1. The van der Waals surface area contributed by atoms with Gasteiger partial charge in [-0.3, -0.25) is 9.59 Å². The Bertz CT molecular complexity index is 1250. The highest BCUT2D eigenvalue weighted by molar-refractivity contribution is 7.10. The molecule has 0 aliphatic rings. The van der Waals surface area contributed by atoms with E-state index in [4.69, 9.17) is 13.9 Å². The lowest BCUT2D eigenvalue weighted by molar-refractivity contribution is -0.141. The zero-order chi connectivity index (χ0) is 25.3. The number of benzene rings is 2. The number of hydrogen-bond donors (Lipinski definition) is 1. The van der Waals surface area contributed by atoms with Gasteiger partial charge in [0.25, 0.3) is 0 Å². The van der Waals surface area contributed by atoms with Crippen molar-refractivity contribution in [2.45, 2.75) is 25.6 Å². The van der Waals surface area contributed by atoms with Crippen molar-refractivity contribution in [2.75, 3.05) is 14.2 Å². The van der Waals surface area contributed by atoms with Gasteiger partial charge >= 0.3 is 0 Å². The fraction of sp³-hybridized carbons (Fsp3) is 0.214. The van der Waals surface area contributed by atoms with Gasteiger partial charge in [-0.15, -0.1) is 11.3 Å². The van der Waals surface area contributed by atoms with E-state index < -0.39 is 6.04 Å². The van der Waals surface area contributed by atoms with Crippen molar-refractivity contribution in [2.24, 2.45) is 0 Å². The Morgan fingerprint density at radius 2 is 1.78 bits per heavy atom. The first-order chi connectivity index (χ1) is 17.6. The highest BCUT2D eigenvalue weighted by Crippen LogP contribution is 2.28. The van der Waals surface area contributed by atoms with E-state index in [1.165, 1.54) is 11.3 Å². The molecule has 7 nitrogen and oxygen atoms in total. The minimum atomic E-state index is -0.893. The number of amides is 2. The summed E-state index contributed by atoms with van der Waals surface area (Å²) in [6.07, 6.45) is 1.74. The lowest BCUT2D eigenvalue weighted by atomic mass is 10.0. The average molecular weight is 505 g/mol. The van der Waals surface area contributed by atoms with Crippen molar-refractivity contribution in [3.8, 4) is 11.5 Å². The maximum Gasteiger partial charge on any atom is 0.247 e. The van der Waals surface area contributed by atoms with Crippen LogP contribution in [0.1, 0.15) is 27.8 Å². The molecule has 1 unspecified atom stereocenters. The Hall–Kier alpha value is -4.04. The molecule has 2 heterocycles. The third kappa shape index (κ3) is 6.34. The number of carbonyl (C=O) groups is 2. The van der Waals surface area contributed by atoms with Crippen LogP contribution in [0.4, 0.5) is 0 Å². The van der Waals surface area contributed by atoms with Crippen molar-refractivity contribution < 1.29 is 23.5 Å². The van der Waals surface area contributed by atoms with Gasteiger partial charge in [-0.25, -0.2) is 0 Å². The molecule has 4 rings (SSSR count). The Balaban J connectivity index is 1.65. The van der Waals surface area contributed by atoms with Crippen LogP contribution in [0, 0.1) is 0 Å². The van der Waals surface area contributed by atoms with Crippen molar-refractivity contribution in [3.05, 3.63) is 106 Å². The van der Waals surface area contributed by atoms with Crippen LogP contribution >= 0.6 is 11.3 Å². The van der Waals surface area contributed by atoms with Gasteiger partial charge in [-0.2, -0.15) is 0 Å². The van der Waals surface area contributed by atoms with Crippen molar-refractivity contribution in [1.82, 2.24) is 10.2 Å². The molecule has 0 fully saturated rings. The quantitative estimate of drug-likeness (QED) is 0.311. The Labute approximate surface area is 214 Å². The average Bonchev–Trinajstić information content (AvgIpc) is 3.62. The molecule has 2 aromatic carbocycles. The minimum Gasteiger partial charge on any atom is -0.497 e. The van der Waals surface area contributed by atoms with Crippen LogP contribution in [0.25, 0.3) is 0 Å². The molecule has 2 aromatic heterocycles. The highest BCUT2D eigenvalue weighted by Gasteiger charge is 2.32. The molecule has 0 spiro atoms. The Morgan fingerprint density at radius 1 is 0.972 bits per heavy atom. The summed E-state index contributed by atoms with van der Waals surface area (Å²) in [5, 5.41) is 4.93. The summed E-state index contributed by atoms with van der Waals surface area (Å²) in [6, 6.07) is 21.2. The van der Waals surface area contributed by atoms with Gasteiger partial charge in [0.1, 0.15) is 23.3 Å². The smallest absolute Gasteiger partial charge is 0.247 e. The van der Waals surface area contributed by atoms with Gasteiger partial charge in [0.2, 0.25) is 11.8 Å². The first-order valence-electron chi connectivity index (χ1n) is 11.5. The predicted octanol–water partition coefficient (Wildman–Crippen LogP) is 4.99. The molecular formula is C28H28N2O5S. The van der Waals surface area contributed by atoms with Gasteiger partial charge < -0.3 is 24.1 Å². The van der Waals surface area contributed by atoms with E-state index in [1.807, 2.05) is 53.9 Å². The number of thiophene rings is 1. The molecule has 0 saturated heterocycles. The third-order valence-electron chi connectivity index (χ3n) is 5.73. The Morgan fingerprint density at radius 3 is 2.44 bits per heavy atom. The number of nitrogens with one attached hydrogen (secondary N) is 1. The summed E-state index contributed by atoms with van der Waals surface area (Å²) < 4.78 is 16.2. The summed E-state index contributed by atoms with van der Waals surface area (Å²) >= 11 is 1.51. The topological polar surface area (TPSA) is 81.0 Å². The molecule has 0 saturated carbocycles. The molecule has 0 radical (unpaired) electrons. The van der Waals surface area contributed by atoms with Gasteiger partial charge in [0, 0.05) is 11.4 Å². The summed E-state index contributed by atoms with van der Waals surface area (Å²) in [7, 11) is 3.18. The van der Waals surface area contributed by atoms with E-state index >= 15 is 0 Å². The van der Waals surface area contributed by atoms with Gasteiger partial charge in [-0.1, -0.05) is 30.3 Å². The number of rotatable bonds is 11. The zero-order valence-electron chi connectivity index (χ0n) is 20.2. The predicted molar refractivity (Wildman–Crippen MR) is 138 cm³/mol. The van der Waals surface area contributed by atoms with E-state index in [9.17, 15) is 9.59 Å². The number of furan rings is 1. The lowest BCUT2D eigenvalue weighted by Crippen LogP contribution is -2.43. The molecule has 0 bridgehead atoms. The number of methoxy groups -OCH3 is 2. The fourth-order valence-electron chi connectivity index (χ4n) is 3.87. The molecule has 0 aliphatic heterocycles. The maximum absolute atomic E-state index is 13.7. The molecule has 4 aromatic rings. The fourth-order valence-corrected chi connectivity index (χ4v) is 4.57. The molecular weight excluding hydrogens is 476 g/mol. The molecule has 1 N–H and O–H groups in total. The maximum atomic E-state index is 13.7. The third-order valence-corrected chi connectivity index (χ3v) is 6.60. The normalized spacial score (nSPS) is 11.5. The standard InChI is InChI=1S/C28H28N2O5S/c1-33-22-12-10-20(11-13-22)18-29-28(32)27(21-6-3-7-23(16-21)34-2)30(19-24-8-4-14-35-24)26(31)17-25-9-5-15-36-25/h3-16,27H,17-19H2,1-2H3,(H,29,32). The number of hydrogen-bond acceptors (Lipinski definition) is 6. The first-order valence-corrected chi connectivity index (χ1v) is 12.3. The zero-order valence-corrected chi connectivity index (χ0v) is 21.0. The van der Waals surface area contributed by atoms with Crippen LogP contribution in [0.15, 0.2) is 88.9 Å². The van der Waals surface area contributed by atoms with Crippen LogP contribution < -0.4 is 14.8 Å². The summed E-state index contributed by atoms with van der Waals surface area (Å²) in [4.78, 5) is 29.8. The number of ether oxygens (including phenoxy) is 2. The molecule has 1 atom stereocenters. The Kier molecular flexibility index (Phi) is 8.41. The van der Waals surface area contributed by atoms with E-state index in [-0.39, 0.29) is 24.8 Å². The number of carbonyl (C=O) groups excluding carboxylic acids is 2. The monoisotopic (exact) mass is 504 g/mol. The van der Waals surface area contributed by atoms with Gasteiger partial charge in [0.15, 0.2) is 0 Å². The van der Waals surface area contributed by atoms with Crippen LogP contribution in [0.3, 0.4) is 0 Å². The van der Waals surface area contributed by atoms with Crippen molar-refractivity contribution in [3.63, 3.8) is 0 Å². The summed E-state index contributed by atoms with van der Waals surface area (Å²) in [5.41, 5.74) is 1.56. The minimum absolute atomic E-state index is 0.148. The summed E-state index contributed by atoms with van der Waals surface area (Å²) in [5.74, 6) is 1.45. The largest absolute Gasteiger partial charge is 0.497 e. The second-order valence-corrected chi connectivity index (χ2v) is 9.13. The van der Waals surface area contributed by atoms with Crippen LogP contribution in [-0.2, 0) is 29.1 Å². The molecule has 186 valence electrons.